The Morgan fingerprint density at radius 2 is 1.24 bits per heavy atom. The molecule has 0 radical (unpaired) electrons. The van der Waals surface area contributed by atoms with Crippen LogP contribution in [-0.4, -0.2) is 6.71 Å². The Morgan fingerprint density at radius 1 is 0.600 bits per heavy atom. The van der Waals surface area contributed by atoms with Gasteiger partial charge in [0.05, 0.1) is 11.3 Å². The van der Waals surface area contributed by atoms with Crippen LogP contribution in [0.25, 0.3) is 11.0 Å². The van der Waals surface area contributed by atoms with Gasteiger partial charge in [0.25, 0.3) is 6.71 Å². The molecule has 5 aromatic carbocycles. The summed E-state index contributed by atoms with van der Waals surface area (Å²) in [7, 11) is 0. The van der Waals surface area contributed by atoms with Crippen molar-refractivity contribution in [3.05, 3.63) is 124 Å². The minimum Gasteiger partial charge on any atom is -0.468 e. The average Bonchev–Trinajstić information content (AvgIpc) is 3.47. The third kappa shape index (κ3) is 5.37. The van der Waals surface area contributed by atoms with Gasteiger partial charge in [0.15, 0.2) is 0 Å². The molecular weight excluding hydrogens is 667 g/mol. The Balaban J connectivity index is 1.42. The SMILES string of the molecule is Cc1cc2c3c(c1)N(c1ccc(C(C)(C)C)cc1C)c1c(oc4ccc(C)cc14)B3c1ccc3c(c1N2c1ccc(C(C)(C)C)cc1)C(C)(C)CCC3(C)C. The maximum Gasteiger partial charge on any atom is 0.297 e. The molecule has 0 unspecified atom stereocenters. The second kappa shape index (κ2) is 11.7. The molecule has 4 heteroatoms. The summed E-state index contributed by atoms with van der Waals surface area (Å²) in [6.07, 6.45) is 2.31. The molecule has 0 atom stereocenters. The van der Waals surface area contributed by atoms with Crippen molar-refractivity contribution >= 4 is 68.4 Å². The zero-order chi connectivity index (χ0) is 39.1. The Morgan fingerprint density at radius 3 is 1.89 bits per heavy atom. The van der Waals surface area contributed by atoms with Crippen molar-refractivity contribution in [1.29, 1.82) is 0 Å². The van der Waals surface area contributed by atoms with Gasteiger partial charge < -0.3 is 14.2 Å². The lowest BCUT2D eigenvalue weighted by molar-refractivity contribution is 0.333. The van der Waals surface area contributed by atoms with Crippen LogP contribution in [0.2, 0.25) is 0 Å². The van der Waals surface area contributed by atoms with E-state index in [-0.39, 0.29) is 28.4 Å². The molecule has 2 aliphatic heterocycles. The molecule has 6 aromatic rings. The number of fused-ring (bicyclic) bond motifs is 8. The van der Waals surface area contributed by atoms with E-state index in [1.807, 2.05) is 0 Å². The van der Waals surface area contributed by atoms with E-state index in [2.05, 4.69) is 185 Å². The summed E-state index contributed by atoms with van der Waals surface area (Å²) >= 11 is 0. The normalized spacial score (nSPS) is 16.9. The van der Waals surface area contributed by atoms with Crippen LogP contribution in [0.1, 0.15) is 121 Å². The monoisotopic (exact) mass is 724 g/mol. The summed E-state index contributed by atoms with van der Waals surface area (Å²) in [5.74, 6) is 0. The fourth-order valence-corrected chi connectivity index (χ4v) is 9.95. The lowest BCUT2D eigenvalue weighted by Crippen LogP contribution is -2.61. The number of anilines is 6. The van der Waals surface area contributed by atoms with Crippen molar-refractivity contribution in [1.82, 2.24) is 0 Å². The van der Waals surface area contributed by atoms with E-state index in [0.717, 1.165) is 17.7 Å². The highest BCUT2D eigenvalue weighted by Crippen LogP contribution is 2.54. The molecule has 0 saturated carbocycles. The number of hydrogen-bond donors (Lipinski definition) is 0. The summed E-state index contributed by atoms with van der Waals surface area (Å²) < 4.78 is 7.22. The first kappa shape index (κ1) is 36.0. The van der Waals surface area contributed by atoms with Crippen molar-refractivity contribution in [2.75, 3.05) is 9.80 Å². The van der Waals surface area contributed by atoms with Gasteiger partial charge in [-0.2, -0.15) is 0 Å². The number of furan rings is 1. The maximum absolute atomic E-state index is 7.22. The standard InChI is InChI=1S/C51H57BN2O/c1-30-14-23-42-36(26-30)45-47(55-42)52-38-21-20-37-43(51(12,13)25-24-50(37,10)11)46(38)53(35-18-15-33(16-19-35)48(4,5)6)40-27-31(2)28-41(44(40)52)54(45)39-22-17-34(29-32(39)3)49(7,8)9/h14-23,26-29H,24-25H2,1-13H3. The lowest BCUT2D eigenvalue weighted by atomic mass is 9.35. The Bertz CT molecular complexity index is 2550. The Kier molecular flexibility index (Phi) is 7.63. The maximum atomic E-state index is 7.22. The Labute approximate surface area is 329 Å². The Hall–Kier alpha value is -4.70. The van der Waals surface area contributed by atoms with Gasteiger partial charge in [0.2, 0.25) is 0 Å². The minimum atomic E-state index is -0.0649. The fraction of sp³-hybridized carbons (Fsp3) is 0.373. The molecule has 3 nitrogen and oxygen atoms in total. The van der Waals surface area contributed by atoms with Gasteiger partial charge >= 0.3 is 0 Å². The molecule has 0 saturated heterocycles. The van der Waals surface area contributed by atoms with Gasteiger partial charge in [-0.05, 0) is 142 Å². The molecule has 0 bridgehead atoms. The van der Waals surface area contributed by atoms with Gasteiger partial charge in [0.1, 0.15) is 5.58 Å². The van der Waals surface area contributed by atoms with Crippen LogP contribution in [0.15, 0.2) is 89.3 Å². The smallest absolute Gasteiger partial charge is 0.297 e. The van der Waals surface area contributed by atoms with E-state index >= 15 is 0 Å². The van der Waals surface area contributed by atoms with Gasteiger partial charge in [0, 0.05) is 33.8 Å². The highest BCUT2D eigenvalue weighted by molar-refractivity contribution is 7.00. The lowest BCUT2D eigenvalue weighted by Gasteiger charge is -2.49. The molecule has 55 heavy (non-hydrogen) atoms. The van der Waals surface area contributed by atoms with Gasteiger partial charge in [-0.3, -0.25) is 0 Å². The van der Waals surface area contributed by atoms with Gasteiger partial charge in [-0.15, -0.1) is 0 Å². The third-order valence-electron chi connectivity index (χ3n) is 13.2. The van der Waals surface area contributed by atoms with Crippen LogP contribution < -0.4 is 26.4 Å². The molecule has 0 N–H and O–H groups in total. The molecular formula is C51H57BN2O. The van der Waals surface area contributed by atoms with E-state index in [4.69, 9.17) is 4.42 Å². The first-order chi connectivity index (χ1) is 25.8. The largest absolute Gasteiger partial charge is 0.468 e. The van der Waals surface area contributed by atoms with Crippen molar-refractivity contribution < 1.29 is 4.42 Å². The molecule has 280 valence electrons. The zero-order valence-electron chi connectivity index (χ0n) is 35.4. The summed E-state index contributed by atoms with van der Waals surface area (Å²) in [6, 6.07) is 33.0. The molecule has 3 heterocycles. The second-order valence-corrected chi connectivity index (χ2v) is 20.4. The molecule has 3 aliphatic rings. The molecule has 0 amide bonds. The molecule has 1 aliphatic carbocycles. The van der Waals surface area contributed by atoms with Crippen LogP contribution in [0, 0.1) is 20.8 Å². The van der Waals surface area contributed by atoms with E-state index in [1.54, 1.807) is 0 Å². The predicted octanol–water partition coefficient (Wildman–Crippen LogP) is 12.4. The summed E-state index contributed by atoms with van der Waals surface area (Å²) in [4.78, 5) is 5.18. The quantitative estimate of drug-likeness (QED) is 0.166. The summed E-state index contributed by atoms with van der Waals surface area (Å²) in [6.45, 7) is 30.3. The van der Waals surface area contributed by atoms with E-state index in [0.29, 0.717) is 0 Å². The second-order valence-electron chi connectivity index (χ2n) is 20.4. The number of aryl methyl sites for hydroxylation is 3. The van der Waals surface area contributed by atoms with Crippen molar-refractivity contribution in [3.63, 3.8) is 0 Å². The zero-order valence-corrected chi connectivity index (χ0v) is 35.4. The highest BCUT2D eigenvalue weighted by atomic mass is 16.3. The summed E-state index contributed by atoms with van der Waals surface area (Å²) in [5, 5.41) is 1.17. The summed E-state index contributed by atoms with van der Waals surface area (Å²) in [5.41, 5.74) is 21.6. The number of nitrogens with zero attached hydrogens (tertiary/aromatic N) is 2. The van der Waals surface area contributed by atoms with E-state index in [9.17, 15) is 0 Å². The van der Waals surface area contributed by atoms with E-state index in [1.165, 1.54) is 95.8 Å². The molecule has 9 rings (SSSR count). The first-order valence-corrected chi connectivity index (χ1v) is 20.4. The van der Waals surface area contributed by atoms with E-state index < -0.39 is 0 Å². The number of rotatable bonds is 2. The molecule has 0 spiro atoms. The predicted molar refractivity (Wildman–Crippen MR) is 237 cm³/mol. The first-order valence-electron chi connectivity index (χ1n) is 20.4. The topological polar surface area (TPSA) is 19.6 Å². The van der Waals surface area contributed by atoms with Gasteiger partial charge in [-0.1, -0.05) is 117 Å². The third-order valence-corrected chi connectivity index (χ3v) is 13.2. The average molecular weight is 725 g/mol. The number of benzene rings is 5. The van der Waals surface area contributed by atoms with Gasteiger partial charge in [-0.25, -0.2) is 0 Å². The van der Waals surface area contributed by atoms with Crippen LogP contribution >= 0.6 is 0 Å². The van der Waals surface area contributed by atoms with Crippen molar-refractivity contribution in [3.8, 4) is 0 Å². The fourth-order valence-electron chi connectivity index (χ4n) is 9.95. The van der Waals surface area contributed by atoms with Crippen molar-refractivity contribution in [2.45, 2.75) is 125 Å². The molecule has 1 aromatic heterocycles. The van der Waals surface area contributed by atoms with Crippen LogP contribution in [-0.2, 0) is 21.7 Å². The number of hydrogen-bond acceptors (Lipinski definition) is 3. The minimum absolute atomic E-state index is 0.00953. The van der Waals surface area contributed by atoms with Crippen LogP contribution in [0.5, 0.6) is 0 Å². The highest BCUT2D eigenvalue weighted by Gasteiger charge is 2.50. The van der Waals surface area contributed by atoms with Crippen molar-refractivity contribution in [2.24, 2.45) is 0 Å². The van der Waals surface area contributed by atoms with Crippen LogP contribution in [0.3, 0.4) is 0 Å². The molecule has 0 fully saturated rings. The van der Waals surface area contributed by atoms with Crippen LogP contribution in [0.4, 0.5) is 34.1 Å².